The number of fused-ring (bicyclic) bond motifs is 1. The lowest BCUT2D eigenvalue weighted by atomic mass is 9.95. The fraction of sp³-hybridized carbons (Fsp3) is 0.391. The summed E-state index contributed by atoms with van der Waals surface area (Å²) in [6.07, 6.45) is 4.65. The summed E-state index contributed by atoms with van der Waals surface area (Å²) < 4.78 is 8.03. The minimum absolute atomic E-state index is 0.00273. The Bertz CT molecular complexity index is 1140. The number of benzene rings is 1. The van der Waals surface area contributed by atoms with E-state index in [1.54, 1.807) is 24.3 Å². The maximum atomic E-state index is 12.9. The van der Waals surface area contributed by atoms with Crippen molar-refractivity contribution in [1.82, 2.24) is 9.78 Å². The number of anilines is 1. The van der Waals surface area contributed by atoms with Crippen LogP contribution in [0.25, 0.3) is 10.9 Å². The van der Waals surface area contributed by atoms with Gasteiger partial charge in [0.2, 0.25) is 0 Å². The number of pyridine rings is 1. The van der Waals surface area contributed by atoms with E-state index in [-0.39, 0.29) is 17.7 Å². The van der Waals surface area contributed by atoms with Crippen LogP contribution >= 0.6 is 0 Å². The van der Waals surface area contributed by atoms with E-state index in [4.69, 9.17) is 4.74 Å². The quantitative estimate of drug-likeness (QED) is 0.499. The van der Waals surface area contributed by atoms with Crippen molar-refractivity contribution in [2.45, 2.75) is 51.5 Å². The van der Waals surface area contributed by atoms with Crippen LogP contribution in [-0.2, 0) is 4.79 Å². The Hall–Kier alpha value is -3.42. The summed E-state index contributed by atoms with van der Waals surface area (Å²) >= 11 is 0. The summed E-state index contributed by atoms with van der Waals surface area (Å²) in [4.78, 5) is 24.4. The van der Waals surface area contributed by atoms with E-state index >= 15 is 0 Å². The molecule has 0 aliphatic heterocycles. The van der Waals surface area contributed by atoms with Crippen molar-refractivity contribution in [3.8, 4) is 5.75 Å². The highest BCUT2D eigenvalue weighted by atomic mass is 16.5. The Kier molecular flexibility index (Phi) is 5.63. The molecule has 1 N–H and O–H groups in total. The lowest BCUT2D eigenvalue weighted by Crippen LogP contribution is -2.41. The van der Waals surface area contributed by atoms with Crippen molar-refractivity contribution in [3.05, 3.63) is 53.1 Å². The van der Waals surface area contributed by atoms with Crippen LogP contribution in [0.1, 0.15) is 67.7 Å². The number of carbonyl (C=O) groups excluding carboxylic acids is 2. The highest BCUT2D eigenvalue weighted by Crippen LogP contribution is 2.32. The maximum absolute atomic E-state index is 12.9. The first-order valence-corrected chi connectivity index (χ1v) is 10.5. The molecule has 0 bridgehead atoms. The minimum atomic E-state index is -0.506. The lowest BCUT2D eigenvalue weighted by molar-refractivity contribution is -0.617. The molecule has 0 spiro atoms. The van der Waals surface area contributed by atoms with E-state index in [9.17, 15) is 14.8 Å². The highest BCUT2D eigenvalue weighted by molar-refractivity contribution is 6.04. The molecule has 8 nitrogen and oxygen atoms in total. The normalized spacial score (nSPS) is 14.9. The first-order chi connectivity index (χ1) is 14.9. The van der Waals surface area contributed by atoms with E-state index in [1.807, 2.05) is 24.7 Å². The topological polar surface area (TPSA) is 100 Å². The molecule has 1 saturated carbocycles. The summed E-state index contributed by atoms with van der Waals surface area (Å²) in [5.74, 6) is 0.254. The van der Waals surface area contributed by atoms with Crippen LogP contribution in [0.2, 0.25) is 0 Å². The highest BCUT2D eigenvalue weighted by Gasteiger charge is 2.24. The molecule has 1 aliphatic rings. The number of Topliss-reactive ketones (excluding diaryl/α,β-unsaturated/α-hetero) is 1. The number of aromatic nitrogens is 3. The molecule has 162 valence electrons. The van der Waals surface area contributed by atoms with E-state index in [2.05, 4.69) is 10.4 Å². The summed E-state index contributed by atoms with van der Waals surface area (Å²) in [6.45, 7) is 3.81. The molecule has 31 heavy (non-hydrogen) atoms. The van der Waals surface area contributed by atoms with Crippen LogP contribution < -0.4 is 14.8 Å². The van der Waals surface area contributed by atoms with Crippen molar-refractivity contribution in [2.24, 2.45) is 0 Å². The third-order valence-corrected chi connectivity index (χ3v) is 5.78. The van der Waals surface area contributed by atoms with Crippen molar-refractivity contribution < 1.29 is 19.1 Å². The number of rotatable bonds is 5. The van der Waals surface area contributed by atoms with Gasteiger partial charge in [-0.3, -0.25) is 14.3 Å². The lowest BCUT2D eigenvalue weighted by Gasteiger charge is -2.20. The van der Waals surface area contributed by atoms with E-state index in [0.29, 0.717) is 40.5 Å². The van der Waals surface area contributed by atoms with Crippen LogP contribution in [0, 0.1) is 5.21 Å². The van der Waals surface area contributed by atoms with Crippen LogP contribution in [0.3, 0.4) is 0 Å². The molecule has 0 radical (unpaired) electrons. The fourth-order valence-corrected chi connectivity index (χ4v) is 4.01. The minimum Gasteiger partial charge on any atom is -0.618 e. The molecule has 0 atom stereocenters. The zero-order valence-electron chi connectivity index (χ0n) is 17.9. The first-order valence-electron chi connectivity index (χ1n) is 10.5. The maximum Gasteiger partial charge on any atom is 0.321 e. The molecule has 2 heterocycles. The molecular weight excluding hydrogens is 396 g/mol. The van der Waals surface area contributed by atoms with Crippen LogP contribution in [0.5, 0.6) is 5.75 Å². The Labute approximate surface area is 180 Å². The standard InChI is InChI=1S/C23H26N4O4/c1-14(2)20-5-4-6-21(27(20)30)23(29)24-19-11-15-13-26(16-7-9-17(28)10-8-16)25-18(15)12-22(19)31-3/h4-6,11-14,16H,7-10H2,1-3H3,(H,24,29). The Morgan fingerprint density at radius 3 is 2.71 bits per heavy atom. The number of methoxy groups -OCH3 is 1. The van der Waals surface area contributed by atoms with Gasteiger partial charge in [-0.05, 0) is 25.0 Å². The molecule has 1 aromatic carbocycles. The number of nitrogens with zero attached hydrogens (tertiary/aromatic N) is 3. The zero-order chi connectivity index (χ0) is 22.1. The largest absolute Gasteiger partial charge is 0.618 e. The molecule has 3 aromatic rings. The van der Waals surface area contributed by atoms with Gasteiger partial charge in [0.15, 0.2) is 5.69 Å². The summed E-state index contributed by atoms with van der Waals surface area (Å²) in [5.41, 5.74) is 1.76. The van der Waals surface area contributed by atoms with Gasteiger partial charge in [0.05, 0.1) is 24.4 Å². The number of hydrogen-bond acceptors (Lipinski definition) is 5. The average molecular weight is 422 g/mol. The van der Waals surface area contributed by atoms with E-state index in [1.165, 1.54) is 13.2 Å². The van der Waals surface area contributed by atoms with Gasteiger partial charge in [-0.15, -0.1) is 0 Å². The Balaban J connectivity index is 1.63. The van der Waals surface area contributed by atoms with Crippen molar-refractivity contribution in [3.63, 3.8) is 0 Å². The third-order valence-electron chi connectivity index (χ3n) is 5.78. The summed E-state index contributed by atoms with van der Waals surface area (Å²) in [7, 11) is 1.52. The van der Waals surface area contributed by atoms with E-state index < -0.39 is 5.91 Å². The third kappa shape index (κ3) is 4.10. The zero-order valence-corrected chi connectivity index (χ0v) is 17.9. The molecule has 1 aliphatic carbocycles. The first kappa shape index (κ1) is 20.8. The van der Waals surface area contributed by atoms with Crippen LogP contribution in [0.4, 0.5) is 5.69 Å². The number of hydrogen-bond donors (Lipinski definition) is 1. The van der Waals surface area contributed by atoms with Gasteiger partial charge in [0.25, 0.3) is 5.69 Å². The predicted molar refractivity (Wildman–Crippen MR) is 116 cm³/mol. The van der Waals surface area contributed by atoms with Gasteiger partial charge >= 0.3 is 5.91 Å². The Morgan fingerprint density at radius 1 is 1.29 bits per heavy atom. The second-order valence-corrected chi connectivity index (χ2v) is 8.23. The fourth-order valence-electron chi connectivity index (χ4n) is 4.01. The van der Waals surface area contributed by atoms with Crippen molar-refractivity contribution >= 4 is 28.3 Å². The number of carbonyl (C=O) groups is 2. The molecule has 0 unspecified atom stereocenters. The number of nitrogens with one attached hydrogen (secondary N) is 1. The second-order valence-electron chi connectivity index (χ2n) is 8.23. The van der Waals surface area contributed by atoms with E-state index in [0.717, 1.165) is 23.7 Å². The van der Waals surface area contributed by atoms with Crippen molar-refractivity contribution in [2.75, 3.05) is 12.4 Å². The SMILES string of the molecule is COc1cc2nn(C3CCC(=O)CC3)cc2cc1NC(=O)c1cccc(C(C)C)[n+]1[O-]. The smallest absolute Gasteiger partial charge is 0.321 e. The number of ether oxygens (including phenoxy) is 1. The monoisotopic (exact) mass is 422 g/mol. The van der Waals surface area contributed by atoms with Gasteiger partial charge in [-0.25, -0.2) is 0 Å². The van der Waals surface area contributed by atoms with Crippen molar-refractivity contribution in [1.29, 1.82) is 0 Å². The number of ketones is 1. The number of amides is 1. The van der Waals surface area contributed by atoms with Gasteiger partial charge in [-0.2, -0.15) is 9.83 Å². The van der Waals surface area contributed by atoms with Gasteiger partial charge in [0, 0.05) is 48.5 Å². The molecule has 1 fully saturated rings. The van der Waals surface area contributed by atoms with Gasteiger partial charge in [0.1, 0.15) is 11.5 Å². The molecule has 0 saturated heterocycles. The van der Waals surface area contributed by atoms with Crippen LogP contribution in [-0.4, -0.2) is 28.6 Å². The molecule has 8 heteroatoms. The summed E-state index contributed by atoms with van der Waals surface area (Å²) in [5, 5.41) is 20.9. The van der Waals surface area contributed by atoms with Gasteiger partial charge in [-0.1, -0.05) is 13.8 Å². The Morgan fingerprint density at radius 2 is 2.03 bits per heavy atom. The van der Waals surface area contributed by atoms with Gasteiger partial charge < -0.3 is 15.3 Å². The second kappa shape index (κ2) is 8.37. The predicted octanol–water partition coefficient (Wildman–Crippen LogP) is 3.74. The average Bonchev–Trinajstić information content (AvgIpc) is 3.16. The molecular formula is C23H26N4O4. The van der Waals surface area contributed by atoms with Crippen LogP contribution in [0.15, 0.2) is 36.5 Å². The molecule has 4 rings (SSSR count). The molecule has 1 amide bonds. The summed E-state index contributed by atoms with van der Waals surface area (Å²) in [6, 6.07) is 8.68. The molecule has 2 aromatic heterocycles.